The fraction of sp³-hybridized carbons (Fsp3) is 0.158. The Morgan fingerprint density at radius 3 is 2.05 bits per heavy atom. The molecule has 2 rings (SSSR count). The van der Waals surface area contributed by atoms with Crippen LogP contribution in [0.3, 0.4) is 0 Å². The highest BCUT2D eigenvalue weighted by Gasteiger charge is 2.25. The number of carbonyl (C=O) groups excluding carboxylic acids is 2. The molecule has 0 bridgehead atoms. The van der Waals surface area contributed by atoms with E-state index in [9.17, 15) is 14.7 Å². The van der Waals surface area contributed by atoms with E-state index < -0.39 is 5.92 Å². The Hall–Kier alpha value is -2.68. The van der Waals surface area contributed by atoms with E-state index in [-0.39, 0.29) is 23.6 Å². The molecule has 0 saturated heterocycles. The summed E-state index contributed by atoms with van der Waals surface area (Å²) in [4.78, 5) is 24.2. The maximum atomic E-state index is 12.6. The van der Waals surface area contributed by atoms with Crippen LogP contribution < -0.4 is 0 Å². The third kappa shape index (κ3) is 3.70. The van der Waals surface area contributed by atoms with Crippen molar-refractivity contribution in [3.8, 4) is 0 Å². The van der Waals surface area contributed by atoms with Crippen molar-refractivity contribution in [3.05, 3.63) is 83.6 Å². The molecule has 0 amide bonds. The Bertz CT molecular complexity index is 672. The molecule has 0 heterocycles. The zero-order chi connectivity index (χ0) is 15.9. The fourth-order valence-electron chi connectivity index (χ4n) is 2.44. The van der Waals surface area contributed by atoms with Crippen molar-refractivity contribution in [3.63, 3.8) is 0 Å². The summed E-state index contributed by atoms with van der Waals surface area (Å²) in [5.74, 6) is -0.747. The monoisotopic (exact) mass is 294 g/mol. The van der Waals surface area contributed by atoms with Crippen molar-refractivity contribution in [1.82, 2.24) is 0 Å². The quantitative estimate of drug-likeness (QED) is 0.496. The van der Waals surface area contributed by atoms with Gasteiger partial charge in [0.05, 0.1) is 6.26 Å². The highest BCUT2D eigenvalue weighted by molar-refractivity contribution is 6.09. The number of aliphatic hydroxyl groups excluding tert-OH is 1. The number of aliphatic hydroxyl groups is 1. The highest BCUT2D eigenvalue weighted by Crippen LogP contribution is 2.30. The molecule has 2 aromatic carbocycles. The summed E-state index contributed by atoms with van der Waals surface area (Å²) in [5.41, 5.74) is 1.56. The Labute approximate surface area is 129 Å². The molecule has 0 spiro atoms. The van der Waals surface area contributed by atoms with Gasteiger partial charge in [-0.15, -0.1) is 0 Å². The van der Waals surface area contributed by atoms with Crippen molar-refractivity contribution in [1.29, 1.82) is 0 Å². The molecule has 2 aromatic rings. The number of benzene rings is 2. The summed E-state index contributed by atoms with van der Waals surface area (Å²) >= 11 is 0. The van der Waals surface area contributed by atoms with Gasteiger partial charge < -0.3 is 5.11 Å². The molecule has 3 heteroatoms. The molecule has 22 heavy (non-hydrogen) atoms. The molecule has 0 saturated carbocycles. The number of rotatable bonds is 6. The van der Waals surface area contributed by atoms with Gasteiger partial charge in [0.25, 0.3) is 0 Å². The summed E-state index contributed by atoms with van der Waals surface area (Å²) < 4.78 is 0. The van der Waals surface area contributed by atoms with Gasteiger partial charge in [-0.05, 0) is 12.5 Å². The van der Waals surface area contributed by atoms with E-state index in [1.165, 1.54) is 6.92 Å². The largest absolute Gasteiger partial charge is 0.515 e. The normalized spacial score (nSPS) is 12.7. The van der Waals surface area contributed by atoms with E-state index in [0.717, 1.165) is 11.8 Å². The fourth-order valence-corrected chi connectivity index (χ4v) is 2.44. The summed E-state index contributed by atoms with van der Waals surface area (Å²) in [6, 6.07) is 18.0. The smallest absolute Gasteiger partial charge is 0.192 e. The van der Waals surface area contributed by atoms with Gasteiger partial charge in [-0.3, -0.25) is 9.59 Å². The molecule has 112 valence electrons. The lowest BCUT2D eigenvalue weighted by molar-refractivity contribution is -0.117. The van der Waals surface area contributed by atoms with Crippen molar-refractivity contribution in [2.24, 2.45) is 0 Å². The average Bonchev–Trinajstić information content (AvgIpc) is 2.55. The predicted molar refractivity (Wildman–Crippen MR) is 86.0 cm³/mol. The number of allylic oxidation sites excluding steroid dienone is 1. The van der Waals surface area contributed by atoms with E-state index in [4.69, 9.17) is 0 Å². The SMILES string of the molecule is CC(=O)CC(C(=CO)C(=O)c1ccccc1)c1ccccc1. The van der Waals surface area contributed by atoms with Crippen LogP contribution in [0.2, 0.25) is 0 Å². The zero-order valence-corrected chi connectivity index (χ0v) is 12.4. The van der Waals surface area contributed by atoms with E-state index in [1.807, 2.05) is 36.4 Å². The van der Waals surface area contributed by atoms with Crippen LogP contribution in [0.5, 0.6) is 0 Å². The molecule has 1 atom stereocenters. The third-order valence-corrected chi connectivity index (χ3v) is 3.51. The van der Waals surface area contributed by atoms with Crippen LogP contribution in [0.1, 0.15) is 35.2 Å². The van der Waals surface area contributed by atoms with Gasteiger partial charge in [0, 0.05) is 23.5 Å². The summed E-state index contributed by atoms with van der Waals surface area (Å²) in [6.45, 7) is 1.48. The maximum absolute atomic E-state index is 12.6. The third-order valence-electron chi connectivity index (χ3n) is 3.51. The Morgan fingerprint density at radius 2 is 1.55 bits per heavy atom. The van der Waals surface area contributed by atoms with E-state index >= 15 is 0 Å². The minimum absolute atomic E-state index is 0.0333. The Morgan fingerprint density at radius 1 is 1.00 bits per heavy atom. The summed E-state index contributed by atoms with van der Waals surface area (Å²) in [5, 5.41) is 9.61. The molecule has 0 radical (unpaired) electrons. The number of hydrogen-bond acceptors (Lipinski definition) is 3. The first-order valence-corrected chi connectivity index (χ1v) is 7.12. The Balaban J connectivity index is 2.40. The molecule has 0 fully saturated rings. The Kier molecular flexibility index (Phi) is 5.26. The number of Topliss-reactive ketones (excluding diaryl/α,β-unsaturated/α-hetero) is 2. The molecule has 3 nitrogen and oxygen atoms in total. The second kappa shape index (κ2) is 7.36. The van der Waals surface area contributed by atoms with Crippen molar-refractivity contribution >= 4 is 11.6 Å². The van der Waals surface area contributed by atoms with Gasteiger partial charge in [0.1, 0.15) is 5.78 Å². The van der Waals surface area contributed by atoms with Crippen LogP contribution in [0, 0.1) is 0 Å². The van der Waals surface area contributed by atoms with Crippen LogP contribution in [0.25, 0.3) is 0 Å². The number of carbonyl (C=O) groups is 2. The van der Waals surface area contributed by atoms with Crippen LogP contribution in [-0.4, -0.2) is 16.7 Å². The second-order valence-corrected chi connectivity index (χ2v) is 5.15. The van der Waals surface area contributed by atoms with Gasteiger partial charge in [-0.25, -0.2) is 0 Å². The van der Waals surface area contributed by atoms with Crippen molar-refractivity contribution in [2.45, 2.75) is 19.3 Å². The molecule has 0 aliphatic carbocycles. The number of hydrogen-bond donors (Lipinski definition) is 1. The van der Waals surface area contributed by atoms with Gasteiger partial charge in [-0.1, -0.05) is 60.7 Å². The minimum Gasteiger partial charge on any atom is -0.515 e. The zero-order valence-electron chi connectivity index (χ0n) is 12.4. The van der Waals surface area contributed by atoms with Crippen LogP contribution in [-0.2, 0) is 4.79 Å². The molecular formula is C19H18O3. The summed E-state index contributed by atoms with van der Waals surface area (Å²) in [6.07, 6.45) is 1.00. The minimum atomic E-state index is -0.448. The lowest BCUT2D eigenvalue weighted by atomic mass is 9.84. The lowest BCUT2D eigenvalue weighted by Gasteiger charge is -2.18. The summed E-state index contributed by atoms with van der Waals surface area (Å²) in [7, 11) is 0. The molecule has 0 aliphatic heterocycles. The van der Waals surface area contributed by atoms with E-state index in [1.54, 1.807) is 24.3 Å². The maximum Gasteiger partial charge on any atom is 0.192 e. The predicted octanol–water partition coefficient (Wildman–Crippen LogP) is 4.07. The van der Waals surface area contributed by atoms with Crippen LogP contribution >= 0.6 is 0 Å². The molecule has 1 N–H and O–H groups in total. The first-order valence-electron chi connectivity index (χ1n) is 7.12. The van der Waals surface area contributed by atoms with Crippen molar-refractivity contribution in [2.75, 3.05) is 0 Å². The van der Waals surface area contributed by atoms with Gasteiger partial charge in [-0.2, -0.15) is 0 Å². The van der Waals surface area contributed by atoms with Gasteiger partial charge in [0.15, 0.2) is 5.78 Å². The van der Waals surface area contributed by atoms with Crippen LogP contribution in [0.15, 0.2) is 72.5 Å². The van der Waals surface area contributed by atoms with E-state index in [0.29, 0.717) is 5.56 Å². The highest BCUT2D eigenvalue weighted by atomic mass is 16.2. The first kappa shape index (κ1) is 15.7. The van der Waals surface area contributed by atoms with Gasteiger partial charge in [0.2, 0.25) is 0 Å². The first-order chi connectivity index (χ1) is 10.6. The van der Waals surface area contributed by atoms with Gasteiger partial charge >= 0.3 is 0 Å². The average molecular weight is 294 g/mol. The lowest BCUT2D eigenvalue weighted by Crippen LogP contribution is -2.15. The number of ketones is 2. The van der Waals surface area contributed by atoms with Crippen LogP contribution in [0.4, 0.5) is 0 Å². The molecule has 1 unspecified atom stereocenters. The molecule has 0 aromatic heterocycles. The second-order valence-electron chi connectivity index (χ2n) is 5.15. The van der Waals surface area contributed by atoms with E-state index in [2.05, 4.69) is 0 Å². The van der Waals surface area contributed by atoms with Crippen molar-refractivity contribution < 1.29 is 14.7 Å². The molecule has 0 aliphatic rings. The molecular weight excluding hydrogens is 276 g/mol. The standard InChI is InChI=1S/C19H18O3/c1-14(21)12-17(15-8-4-2-5-9-15)18(13-20)19(22)16-10-6-3-7-11-16/h2-11,13,17,20H,12H2,1H3. The topological polar surface area (TPSA) is 54.4 Å².